The van der Waals surface area contributed by atoms with E-state index in [1.165, 1.54) is 12.0 Å². The molecule has 2 atom stereocenters. The van der Waals surface area contributed by atoms with Gasteiger partial charge in [-0.2, -0.15) is 0 Å². The Kier molecular flexibility index (Phi) is 6.07. The number of methoxy groups -OCH3 is 1. The summed E-state index contributed by atoms with van der Waals surface area (Å²) in [7, 11) is 1.53. The summed E-state index contributed by atoms with van der Waals surface area (Å²) >= 11 is 0. The Hall–Kier alpha value is -1.14. The van der Waals surface area contributed by atoms with E-state index in [1.54, 1.807) is 0 Å². The maximum atomic E-state index is 11.9. The molecule has 6 nitrogen and oxygen atoms in total. The van der Waals surface area contributed by atoms with E-state index in [0.29, 0.717) is 39.0 Å². The minimum Gasteiger partial charge on any atom is -0.480 e. The predicted octanol–water partition coefficient (Wildman–Crippen LogP) is 0.504. The summed E-state index contributed by atoms with van der Waals surface area (Å²) in [6, 6.07) is -0.755. The van der Waals surface area contributed by atoms with E-state index in [9.17, 15) is 9.59 Å². The molecule has 1 aliphatic heterocycles. The molecule has 0 aromatic carbocycles. The Bertz CT molecular complexity index is 294. The molecule has 0 bridgehead atoms. The molecule has 1 heterocycles. The quantitative estimate of drug-likeness (QED) is 0.674. The fraction of sp³-hybridized carbons (Fsp3) is 0.833. The van der Waals surface area contributed by atoms with Gasteiger partial charge in [-0.1, -0.05) is 0 Å². The minimum atomic E-state index is -0.965. The van der Waals surface area contributed by atoms with Crippen LogP contribution in [-0.2, 0) is 19.1 Å². The van der Waals surface area contributed by atoms with Gasteiger partial charge >= 0.3 is 5.97 Å². The molecule has 0 aromatic rings. The molecule has 1 amide bonds. The average Bonchev–Trinajstić information content (AvgIpc) is 2.78. The maximum Gasteiger partial charge on any atom is 0.326 e. The van der Waals surface area contributed by atoms with Crippen LogP contribution in [0.5, 0.6) is 0 Å². The number of ether oxygens (including phenoxy) is 2. The Morgan fingerprint density at radius 1 is 1.44 bits per heavy atom. The van der Waals surface area contributed by atoms with Gasteiger partial charge < -0.3 is 19.5 Å². The third kappa shape index (κ3) is 3.96. The third-order valence-corrected chi connectivity index (χ3v) is 3.08. The number of carboxylic acids is 1. The lowest BCUT2D eigenvalue weighted by atomic mass is 10.2. The molecular weight excluding hydrogens is 238 g/mol. The van der Waals surface area contributed by atoms with Crippen molar-refractivity contribution in [3.8, 4) is 0 Å². The summed E-state index contributed by atoms with van der Waals surface area (Å²) in [5.74, 6) is -1.10. The molecule has 1 rings (SSSR count). The fourth-order valence-electron chi connectivity index (χ4n) is 2.09. The molecule has 1 fully saturated rings. The van der Waals surface area contributed by atoms with Crippen molar-refractivity contribution in [1.82, 2.24) is 4.90 Å². The second-order valence-corrected chi connectivity index (χ2v) is 4.29. The monoisotopic (exact) mass is 259 g/mol. The number of carboxylic acid groups (broad SMARTS) is 1. The van der Waals surface area contributed by atoms with Gasteiger partial charge in [-0.25, -0.2) is 4.79 Å². The number of carbonyl (C=O) groups is 2. The smallest absolute Gasteiger partial charge is 0.326 e. The van der Waals surface area contributed by atoms with E-state index < -0.39 is 12.0 Å². The fourth-order valence-corrected chi connectivity index (χ4v) is 2.09. The summed E-state index contributed by atoms with van der Waals surface area (Å²) in [6.45, 7) is 3.41. The topological polar surface area (TPSA) is 76.1 Å². The van der Waals surface area contributed by atoms with Gasteiger partial charge in [0.25, 0.3) is 0 Å². The van der Waals surface area contributed by atoms with Gasteiger partial charge in [-0.05, 0) is 13.3 Å². The second kappa shape index (κ2) is 7.33. The molecular formula is C12H21NO5. The van der Waals surface area contributed by atoms with E-state index in [-0.39, 0.29) is 12.0 Å². The molecule has 0 spiro atoms. The summed E-state index contributed by atoms with van der Waals surface area (Å²) in [5, 5.41) is 9.08. The zero-order valence-electron chi connectivity index (χ0n) is 10.9. The average molecular weight is 259 g/mol. The van der Waals surface area contributed by atoms with E-state index >= 15 is 0 Å². The standard InChI is InChI=1S/C12H21NO5/c1-3-18-6-4-5-11(14)13-8-9(17-2)7-10(13)12(15)16/h9-10H,3-8H2,1-2H3,(H,15,16). The molecule has 0 aromatic heterocycles. The summed E-state index contributed by atoms with van der Waals surface area (Å²) < 4.78 is 10.3. The van der Waals surface area contributed by atoms with Gasteiger partial charge in [0, 0.05) is 39.7 Å². The van der Waals surface area contributed by atoms with Crippen LogP contribution in [0, 0.1) is 0 Å². The normalized spacial score (nSPS) is 23.3. The number of hydrogen-bond donors (Lipinski definition) is 1. The van der Waals surface area contributed by atoms with Crippen LogP contribution in [0.25, 0.3) is 0 Å². The maximum absolute atomic E-state index is 11.9. The summed E-state index contributed by atoms with van der Waals surface area (Å²) in [5.41, 5.74) is 0. The van der Waals surface area contributed by atoms with Gasteiger partial charge in [-0.15, -0.1) is 0 Å². The van der Waals surface area contributed by atoms with Gasteiger partial charge in [0.05, 0.1) is 6.10 Å². The largest absolute Gasteiger partial charge is 0.480 e. The Morgan fingerprint density at radius 3 is 2.72 bits per heavy atom. The van der Waals surface area contributed by atoms with Crippen LogP contribution in [0.1, 0.15) is 26.2 Å². The van der Waals surface area contributed by atoms with E-state index in [0.717, 1.165) is 0 Å². The van der Waals surface area contributed by atoms with Gasteiger partial charge in [0.1, 0.15) is 6.04 Å². The highest BCUT2D eigenvalue weighted by molar-refractivity contribution is 5.84. The van der Waals surface area contributed by atoms with Crippen LogP contribution in [0.2, 0.25) is 0 Å². The lowest BCUT2D eigenvalue weighted by Gasteiger charge is -2.21. The summed E-state index contributed by atoms with van der Waals surface area (Å²) in [6.07, 6.45) is 1.12. The van der Waals surface area contributed by atoms with E-state index in [1.807, 2.05) is 6.92 Å². The van der Waals surface area contributed by atoms with Gasteiger partial charge in [-0.3, -0.25) is 4.79 Å². The predicted molar refractivity (Wildman–Crippen MR) is 64.3 cm³/mol. The molecule has 0 aliphatic carbocycles. The van der Waals surface area contributed by atoms with Crippen LogP contribution in [0.4, 0.5) is 0 Å². The van der Waals surface area contributed by atoms with Crippen molar-refractivity contribution in [3.05, 3.63) is 0 Å². The third-order valence-electron chi connectivity index (χ3n) is 3.08. The number of hydrogen-bond acceptors (Lipinski definition) is 4. The molecule has 1 saturated heterocycles. The van der Waals surface area contributed by atoms with E-state index in [2.05, 4.69) is 0 Å². The number of nitrogens with zero attached hydrogens (tertiary/aromatic N) is 1. The minimum absolute atomic E-state index is 0.137. The highest BCUT2D eigenvalue weighted by Gasteiger charge is 2.39. The van der Waals surface area contributed by atoms with Crippen molar-refractivity contribution in [2.24, 2.45) is 0 Å². The van der Waals surface area contributed by atoms with Gasteiger partial charge in [0.2, 0.25) is 5.91 Å². The molecule has 0 radical (unpaired) electrons. The van der Waals surface area contributed by atoms with Crippen LogP contribution < -0.4 is 0 Å². The van der Waals surface area contributed by atoms with Crippen LogP contribution >= 0.6 is 0 Å². The van der Waals surface area contributed by atoms with Crippen molar-refractivity contribution >= 4 is 11.9 Å². The second-order valence-electron chi connectivity index (χ2n) is 4.29. The summed E-state index contributed by atoms with van der Waals surface area (Å²) in [4.78, 5) is 24.4. The molecule has 2 unspecified atom stereocenters. The highest BCUT2D eigenvalue weighted by atomic mass is 16.5. The van der Waals surface area contributed by atoms with Crippen molar-refractivity contribution in [3.63, 3.8) is 0 Å². The van der Waals surface area contributed by atoms with Crippen LogP contribution in [-0.4, -0.2) is 60.9 Å². The van der Waals surface area contributed by atoms with Crippen molar-refractivity contribution in [1.29, 1.82) is 0 Å². The van der Waals surface area contributed by atoms with Crippen LogP contribution in [0.15, 0.2) is 0 Å². The van der Waals surface area contributed by atoms with Crippen LogP contribution in [0.3, 0.4) is 0 Å². The molecule has 1 N–H and O–H groups in total. The van der Waals surface area contributed by atoms with E-state index in [4.69, 9.17) is 14.6 Å². The van der Waals surface area contributed by atoms with Crippen molar-refractivity contribution in [2.75, 3.05) is 26.9 Å². The zero-order valence-corrected chi connectivity index (χ0v) is 10.9. The first-order chi connectivity index (χ1) is 8.60. The number of aliphatic carboxylic acids is 1. The number of likely N-dealkylation sites (tertiary alicyclic amines) is 1. The lowest BCUT2D eigenvalue weighted by Crippen LogP contribution is -2.40. The first-order valence-corrected chi connectivity index (χ1v) is 6.23. The molecule has 104 valence electrons. The molecule has 6 heteroatoms. The SMILES string of the molecule is CCOCCCC(=O)N1CC(OC)CC1C(=O)O. The Labute approximate surface area is 107 Å². The highest BCUT2D eigenvalue weighted by Crippen LogP contribution is 2.21. The number of amides is 1. The van der Waals surface area contributed by atoms with Gasteiger partial charge in [0.15, 0.2) is 0 Å². The zero-order chi connectivity index (χ0) is 13.5. The molecule has 18 heavy (non-hydrogen) atoms. The Morgan fingerprint density at radius 2 is 2.17 bits per heavy atom. The Balaban J connectivity index is 2.46. The number of rotatable bonds is 7. The van der Waals surface area contributed by atoms with Crippen molar-refractivity contribution < 1.29 is 24.2 Å². The molecule has 1 aliphatic rings. The number of carbonyl (C=O) groups excluding carboxylic acids is 1. The molecule has 0 saturated carbocycles. The first kappa shape index (κ1) is 14.9. The lowest BCUT2D eigenvalue weighted by molar-refractivity contribution is -0.148. The first-order valence-electron chi connectivity index (χ1n) is 6.23. The van der Waals surface area contributed by atoms with Crippen molar-refractivity contribution in [2.45, 2.75) is 38.3 Å².